The molecule has 1 aliphatic carbocycles. The van der Waals surface area contributed by atoms with E-state index in [0.717, 1.165) is 27.8 Å². The average molecular weight is 422 g/mol. The number of nitrogens with zero attached hydrogens (tertiary/aromatic N) is 1. The van der Waals surface area contributed by atoms with Gasteiger partial charge in [0.25, 0.3) is 0 Å². The molecule has 0 bridgehead atoms. The van der Waals surface area contributed by atoms with Crippen molar-refractivity contribution in [1.82, 2.24) is 4.98 Å². The summed E-state index contributed by atoms with van der Waals surface area (Å²) in [6.45, 7) is 11.6. The van der Waals surface area contributed by atoms with Gasteiger partial charge >= 0.3 is 5.97 Å². The minimum absolute atomic E-state index is 0.00380. The van der Waals surface area contributed by atoms with Crippen molar-refractivity contribution < 1.29 is 19.0 Å². The van der Waals surface area contributed by atoms with E-state index in [-0.39, 0.29) is 18.2 Å². The summed E-state index contributed by atoms with van der Waals surface area (Å²) in [7, 11) is 0. The third-order valence-electron chi connectivity index (χ3n) is 5.78. The summed E-state index contributed by atoms with van der Waals surface area (Å²) < 4.78 is 20.1. The highest BCUT2D eigenvalue weighted by atomic mass is 19.1. The summed E-state index contributed by atoms with van der Waals surface area (Å²) in [4.78, 5) is 16.1. The first-order valence-electron chi connectivity index (χ1n) is 10.4. The van der Waals surface area contributed by atoms with Crippen LogP contribution in [0.1, 0.15) is 37.1 Å². The summed E-state index contributed by atoms with van der Waals surface area (Å²) in [6, 6.07) is 9.07. The van der Waals surface area contributed by atoms with Gasteiger partial charge in [-0.15, -0.1) is 0 Å². The van der Waals surface area contributed by atoms with Gasteiger partial charge in [0, 0.05) is 5.56 Å². The number of benzene rings is 1. The topological polar surface area (TPSA) is 59.4 Å². The number of ether oxygens (including phenoxy) is 1. The first-order chi connectivity index (χ1) is 14.7. The number of aryl methyl sites for hydroxylation is 2. The summed E-state index contributed by atoms with van der Waals surface area (Å²) in [6.07, 6.45) is 4.21. The van der Waals surface area contributed by atoms with Gasteiger partial charge in [-0.1, -0.05) is 37.8 Å². The highest BCUT2D eigenvalue weighted by Crippen LogP contribution is 2.41. The van der Waals surface area contributed by atoms with E-state index < -0.39 is 17.7 Å². The predicted molar refractivity (Wildman–Crippen MR) is 120 cm³/mol. The number of aliphatic carboxylic acids is 1. The number of hydrogen-bond acceptors (Lipinski definition) is 3. The maximum atomic E-state index is 14.4. The Labute approximate surface area is 182 Å². The number of carboxylic acids is 1. The number of carboxylic acid groups (broad SMARTS) is 1. The number of allylic oxidation sites excluding steroid dienone is 3. The van der Waals surface area contributed by atoms with Crippen molar-refractivity contribution in [1.29, 1.82) is 0 Å². The Balaban J connectivity index is 1.78. The van der Waals surface area contributed by atoms with Crippen LogP contribution in [-0.4, -0.2) is 16.1 Å². The Hall–Kier alpha value is -3.21. The minimum atomic E-state index is -0.829. The molecule has 5 heteroatoms. The van der Waals surface area contributed by atoms with Crippen LogP contribution >= 0.6 is 0 Å². The van der Waals surface area contributed by atoms with Gasteiger partial charge in [0.05, 0.1) is 11.6 Å². The summed E-state index contributed by atoms with van der Waals surface area (Å²) in [5, 5.41) is 9.51. The lowest BCUT2D eigenvalue weighted by Gasteiger charge is -2.12. The van der Waals surface area contributed by atoms with Crippen LogP contribution in [0.3, 0.4) is 0 Å². The van der Waals surface area contributed by atoms with Gasteiger partial charge in [-0.05, 0) is 73.6 Å². The fraction of sp³-hybridized carbons (Fsp3) is 0.308. The first-order valence-corrected chi connectivity index (χ1v) is 10.4. The minimum Gasteiger partial charge on any atom is -0.488 e. The molecule has 3 rings (SSSR count). The number of aromatic nitrogens is 1. The van der Waals surface area contributed by atoms with Crippen LogP contribution in [0.5, 0.6) is 0 Å². The van der Waals surface area contributed by atoms with Crippen molar-refractivity contribution in [3.05, 3.63) is 88.6 Å². The van der Waals surface area contributed by atoms with Crippen molar-refractivity contribution in [2.24, 2.45) is 11.8 Å². The Morgan fingerprint density at radius 3 is 2.58 bits per heavy atom. The molecule has 162 valence electrons. The molecule has 0 radical (unpaired) electrons. The number of hydrogen-bond donors (Lipinski definition) is 1. The summed E-state index contributed by atoms with van der Waals surface area (Å²) in [5.74, 6) is -1.45. The van der Waals surface area contributed by atoms with Gasteiger partial charge in [0.2, 0.25) is 0 Å². The van der Waals surface area contributed by atoms with Crippen LogP contribution in [0.15, 0.2) is 66.0 Å². The Bertz CT molecular complexity index is 1060. The lowest BCUT2D eigenvalue weighted by atomic mass is 9.94. The third-order valence-corrected chi connectivity index (χ3v) is 5.78. The molecule has 2 atom stereocenters. The monoisotopic (exact) mass is 421 g/mol. The molecular weight excluding hydrogens is 393 g/mol. The maximum Gasteiger partial charge on any atom is 0.311 e. The molecule has 2 aromatic rings. The molecule has 1 aromatic carbocycles. The average Bonchev–Trinajstić information content (AvgIpc) is 3.02. The van der Waals surface area contributed by atoms with Crippen LogP contribution in [0, 0.1) is 31.5 Å². The molecule has 1 aromatic heterocycles. The van der Waals surface area contributed by atoms with Crippen molar-refractivity contribution >= 4 is 5.97 Å². The molecule has 31 heavy (non-hydrogen) atoms. The third kappa shape index (κ3) is 4.76. The fourth-order valence-electron chi connectivity index (χ4n) is 4.31. The summed E-state index contributed by atoms with van der Waals surface area (Å²) in [5.41, 5.74) is 5.71. The largest absolute Gasteiger partial charge is 0.488 e. The maximum absolute atomic E-state index is 14.4. The second-order valence-electron chi connectivity index (χ2n) is 8.06. The molecule has 1 N–H and O–H groups in total. The van der Waals surface area contributed by atoms with Gasteiger partial charge < -0.3 is 9.84 Å². The van der Waals surface area contributed by atoms with Crippen LogP contribution in [0.2, 0.25) is 0 Å². The fourth-order valence-corrected chi connectivity index (χ4v) is 4.31. The van der Waals surface area contributed by atoms with Gasteiger partial charge in [0.15, 0.2) is 0 Å². The Morgan fingerprint density at radius 2 is 1.97 bits per heavy atom. The molecule has 0 aliphatic heterocycles. The van der Waals surface area contributed by atoms with Crippen LogP contribution in [0.4, 0.5) is 4.39 Å². The van der Waals surface area contributed by atoms with Gasteiger partial charge in [0.1, 0.15) is 23.9 Å². The molecule has 1 fully saturated rings. The van der Waals surface area contributed by atoms with E-state index in [1.54, 1.807) is 12.1 Å². The zero-order valence-corrected chi connectivity index (χ0v) is 18.4. The number of pyridine rings is 1. The van der Waals surface area contributed by atoms with E-state index in [4.69, 9.17) is 4.74 Å². The normalized spacial score (nSPS) is 20.9. The van der Waals surface area contributed by atoms with Crippen molar-refractivity contribution in [2.75, 3.05) is 0 Å². The highest BCUT2D eigenvalue weighted by Gasteiger charge is 2.36. The SMILES string of the molecule is C=C(/C=C1/CC(C)C(C(=O)O)/C1=C/C)OCc1nc(-c2c(C)cccc2C)ccc1F. The van der Waals surface area contributed by atoms with Crippen molar-refractivity contribution in [3.8, 4) is 11.3 Å². The van der Waals surface area contributed by atoms with E-state index in [2.05, 4.69) is 11.6 Å². The van der Waals surface area contributed by atoms with Crippen molar-refractivity contribution in [3.63, 3.8) is 0 Å². The lowest BCUT2D eigenvalue weighted by Crippen LogP contribution is -2.17. The van der Waals surface area contributed by atoms with Gasteiger partial charge in [-0.2, -0.15) is 0 Å². The molecule has 4 nitrogen and oxygen atoms in total. The zero-order chi connectivity index (χ0) is 22.7. The first kappa shape index (κ1) is 22.5. The molecular formula is C26H28FNO3. The van der Waals surface area contributed by atoms with E-state index >= 15 is 0 Å². The van der Waals surface area contributed by atoms with E-state index in [1.807, 2.05) is 52.0 Å². The highest BCUT2D eigenvalue weighted by molar-refractivity contribution is 5.77. The van der Waals surface area contributed by atoms with Crippen LogP contribution in [-0.2, 0) is 16.1 Å². The quantitative estimate of drug-likeness (QED) is 0.569. The van der Waals surface area contributed by atoms with E-state index in [9.17, 15) is 14.3 Å². The molecule has 0 saturated heterocycles. The molecule has 1 heterocycles. The van der Waals surface area contributed by atoms with Gasteiger partial charge in [-0.25, -0.2) is 9.37 Å². The zero-order valence-electron chi connectivity index (χ0n) is 18.4. The van der Waals surface area contributed by atoms with Crippen molar-refractivity contribution in [2.45, 2.75) is 40.7 Å². The smallest absolute Gasteiger partial charge is 0.311 e. The van der Waals surface area contributed by atoms with Gasteiger partial charge in [-0.3, -0.25) is 4.79 Å². The number of carbonyl (C=O) groups is 1. The molecule has 1 aliphatic rings. The Morgan fingerprint density at radius 1 is 1.29 bits per heavy atom. The van der Waals surface area contributed by atoms with E-state index in [1.165, 1.54) is 6.07 Å². The van der Waals surface area contributed by atoms with Crippen LogP contribution in [0.25, 0.3) is 11.3 Å². The molecule has 1 saturated carbocycles. The Kier molecular flexibility index (Phi) is 6.74. The summed E-state index contributed by atoms with van der Waals surface area (Å²) >= 11 is 0. The second kappa shape index (κ2) is 9.29. The lowest BCUT2D eigenvalue weighted by molar-refractivity contribution is -0.141. The molecule has 2 unspecified atom stereocenters. The standard InChI is InChI=1S/C26H28FNO3/c1-6-20-19(12-17(4)25(20)26(29)30)13-18(5)31-14-23-21(27)10-11-22(28-23)24-15(2)8-7-9-16(24)3/h6-11,13,17,25H,5,12,14H2,1-4H3,(H,29,30)/b19-13-,20-6+. The second-order valence-corrected chi connectivity index (χ2v) is 8.06. The predicted octanol–water partition coefficient (Wildman–Crippen LogP) is 6.15. The van der Waals surface area contributed by atoms with E-state index in [0.29, 0.717) is 17.9 Å². The molecule has 0 amide bonds. The number of rotatable bonds is 6. The molecule has 0 spiro atoms. The van der Waals surface area contributed by atoms with Crippen LogP contribution < -0.4 is 0 Å². The number of halogens is 1.